The summed E-state index contributed by atoms with van der Waals surface area (Å²) in [6.45, 7) is 2.01. The summed E-state index contributed by atoms with van der Waals surface area (Å²) in [6, 6.07) is 0.250. The Morgan fingerprint density at radius 2 is 2.41 bits per heavy atom. The third-order valence-electron chi connectivity index (χ3n) is 3.92. The SMILES string of the molecule is OCC1CCCc2nc(CC3CCOC3)cn21. The van der Waals surface area contributed by atoms with E-state index < -0.39 is 0 Å². The second-order valence-electron chi connectivity index (χ2n) is 5.22. The maximum absolute atomic E-state index is 9.36. The molecule has 0 aliphatic carbocycles. The number of aliphatic hydroxyl groups excluding tert-OH is 1. The highest BCUT2D eigenvalue weighted by molar-refractivity contribution is 5.09. The van der Waals surface area contributed by atoms with Crippen LogP contribution in [0.25, 0.3) is 0 Å². The lowest BCUT2D eigenvalue weighted by Crippen LogP contribution is -2.20. The molecule has 0 amide bonds. The minimum Gasteiger partial charge on any atom is -0.394 e. The molecule has 4 nitrogen and oxygen atoms in total. The Balaban J connectivity index is 1.75. The van der Waals surface area contributed by atoms with Gasteiger partial charge >= 0.3 is 0 Å². The number of aliphatic hydroxyl groups is 1. The molecule has 0 bridgehead atoms. The summed E-state index contributed by atoms with van der Waals surface area (Å²) in [7, 11) is 0. The van der Waals surface area contributed by atoms with Gasteiger partial charge in [0.15, 0.2) is 0 Å². The molecule has 3 heterocycles. The highest BCUT2D eigenvalue weighted by atomic mass is 16.5. The van der Waals surface area contributed by atoms with Gasteiger partial charge in [0.1, 0.15) is 5.82 Å². The minimum atomic E-state index is 0.231. The fourth-order valence-electron chi connectivity index (χ4n) is 2.94. The van der Waals surface area contributed by atoms with Crippen LogP contribution in [0.2, 0.25) is 0 Å². The van der Waals surface area contributed by atoms with Gasteiger partial charge in [-0.05, 0) is 31.6 Å². The zero-order valence-corrected chi connectivity index (χ0v) is 10.1. The zero-order valence-electron chi connectivity index (χ0n) is 10.1. The van der Waals surface area contributed by atoms with Crippen molar-refractivity contribution in [3.05, 3.63) is 17.7 Å². The standard InChI is InChI=1S/C13H20N2O2/c16-8-12-2-1-3-13-14-11(7-15(12)13)6-10-4-5-17-9-10/h7,10,12,16H,1-6,8-9H2. The number of hydrogen-bond donors (Lipinski definition) is 1. The summed E-state index contributed by atoms with van der Waals surface area (Å²) < 4.78 is 7.59. The van der Waals surface area contributed by atoms with E-state index in [2.05, 4.69) is 10.8 Å². The lowest BCUT2D eigenvalue weighted by molar-refractivity contribution is 0.185. The van der Waals surface area contributed by atoms with Crippen LogP contribution in [0.5, 0.6) is 0 Å². The third kappa shape index (κ3) is 2.24. The maximum Gasteiger partial charge on any atom is 0.109 e. The van der Waals surface area contributed by atoms with Gasteiger partial charge in [-0.1, -0.05) is 0 Å². The van der Waals surface area contributed by atoms with Crippen LogP contribution in [-0.2, 0) is 17.6 Å². The van der Waals surface area contributed by atoms with Gasteiger partial charge in [-0.2, -0.15) is 0 Å². The molecule has 1 saturated heterocycles. The monoisotopic (exact) mass is 236 g/mol. The van der Waals surface area contributed by atoms with Crippen molar-refractivity contribution in [3.63, 3.8) is 0 Å². The van der Waals surface area contributed by atoms with Crippen molar-refractivity contribution < 1.29 is 9.84 Å². The highest BCUT2D eigenvalue weighted by Crippen LogP contribution is 2.26. The molecule has 3 rings (SSSR count). The van der Waals surface area contributed by atoms with Crippen molar-refractivity contribution >= 4 is 0 Å². The lowest BCUT2D eigenvalue weighted by Gasteiger charge is -2.22. The van der Waals surface area contributed by atoms with E-state index in [1.807, 2.05) is 0 Å². The Labute approximate surface area is 102 Å². The second-order valence-corrected chi connectivity index (χ2v) is 5.22. The molecule has 17 heavy (non-hydrogen) atoms. The van der Waals surface area contributed by atoms with E-state index in [0.717, 1.165) is 51.1 Å². The van der Waals surface area contributed by atoms with Gasteiger partial charge in [-0.25, -0.2) is 4.98 Å². The molecule has 0 radical (unpaired) electrons. The molecule has 1 N–H and O–H groups in total. The third-order valence-corrected chi connectivity index (χ3v) is 3.92. The van der Waals surface area contributed by atoms with Crippen LogP contribution in [0.3, 0.4) is 0 Å². The first kappa shape index (κ1) is 11.2. The molecule has 1 aromatic rings. The van der Waals surface area contributed by atoms with E-state index in [9.17, 15) is 5.11 Å². The van der Waals surface area contributed by atoms with Gasteiger partial charge in [-0.3, -0.25) is 0 Å². The summed E-state index contributed by atoms with van der Waals surface area (Å²) in [5.74, 6) is 1.80. The summed E-state index contributed by atoms with van der Waals surface area (Å²) in [5, 5.41) is 9.36. The van der Waals surface area contributed by atoms with Crippen molar-refractivity contribution in [1.29, 1.82) is 0 Å². The van der Waals surface area contributed by atoms with Crippen molar-refractivity contribution in [3.8, 4) is 0 Å². The van der Waals surface area contributed by atoms with Gasteiger partial charge in [0.2, 0.25) is 0 Å². The molecule has 94 valence electrons. The van der Waals surface area contributed by atoms with Gasteiger partial charge in [0.25, 0.3) is 0 Å². The number of ether oxygens (including phenoxy) is 1. The number of nitrogens with zero attached hydrogens (tertiary/aromatic N) is 2. The summed E-state index contributed by atoms with van der Waals surface area (Å²) in [4.78, 5) is 4.71. The van der Waals surface area contributed by atoms with Crippen molar-refractivity contribution in [2.45, 2.75) is 38.1 Å². The van der Waals surface area contributed by atoms with E-state index >= 15 is 0 Å². The van der Waals surface area contributed by atoms with Crippen molar-refractivity contribution in [2.75, 3.05) is 19.8 Å². The molecule has 1 fully saturated rings. The first-order chi connectivity index (χ1) is 8.36. The predicted octanol–water partition coefficient (Wildman–Crippen LogP) is 1.33. The van der Waals surface area contributed by atoms with Crippen LogP contribution >= 0.6 is 0 Å². The number of rotatable bonds is 3. The topological polar surface area (TPSA) is 47.3 Å². The van der Waals surface area contributed by atoms with Crippen LogP contribution < -0.4 is 0 Å². The Hall–Kier alpha value is -0.870. The molecule has 0 aromatic carbocycles. The zero-order chi connectivity index (χ0) is 11.7. The van der Waals surface area contributed by atoms with Gasteiger partial charge in [0, 0.05) is 25.8 Å². The molecule has 2 aliphatic heterocycles. The average molecular weight is 236 g/mol. The maximum atomic E-state index is 9.36. The first-order valence-electron chi connectivity index (χ1n) is 6.62. The van der Waals surface area contributed by atoms with E-state index in [1.165, 1.54) is 5.69 Å². The van der Waals surface area contributed by atoms with Gasteiger partial charge < -0.3 is 14.4 Å². The van der Waals surface area contributed by atoms with Crippen LogP contribution in [0.15, 0.2) is 6.20 Å². The van der Waals surface area contributed by atoms with Crippen LogP contribution in [-0.4, -0.2) is 34.5 Å². The molecule has 0 spiro atoms. The van der Waals surface area contributed by atoms with Crippen molar-refractivity contribution in [2.24, 2.45) is 5.92 Å². The summed E-state index contributed by atoms with van der Waals surface area (Å²) >= 11 is 0. The fourth-order valence-corrected chi connectivity index (χ4v) is 2.94. The first-order valence-corrected chi connectivity index (χ1v) is 6.62. The summed E-state index contributed by atoms with van der Waals surface area (Å²) in [6.07, 6.45) is 7.61. The lowest BCUT2D eigenvalue weighted by atomic mass is 10.0. The number of fused-ring (bicyclic) bond motifs is 1. The van der Waals surface area contributed by atoms with Gasteiger partial charge in [-0.15, -0.1) is 0 Å². The van der Waals surface area contributed by atoms with Crippen molar-refractivity contribution in [1.82, 2.24) is 9.55 Å². The van der Waals surface area contributed by atoms with E-state index in [4.69, 9.17) is 9.72 Å². The number of imidazole rings is 1. The Morgan fingerprint density at radius 3 is 3.18 bits per heavy atom. The number of aryl methyl sites for hydroxylation is 1. The highest BCUT2D eigenvalue weighted by Gasteiger charge is 2.23. The molecule has 1 aromatic heterocycles. The van der Waals surface area contributed by atoms with Crippen LogP contribution in [0.1, 0.15) is 36.8 Å². The Kier molecular flexibility index (Phi) is 3.16. The number of aromatic nitrogens is 2. The molecular weight excluding hydrogens is 216 g/mol. The van der Waals surface area contributed by atoms with Gasteiger partial charge in [0.05, 0.1) is 18.3 Å². The van der Waals surface area contributed by atoms with E-state index in [-0.39, 0.29) is 12.6 Å². The molecule has 4 heteroatoms. The molecule has 0 saturated carbocycles. The van der Waals surface area contributed by atoms with E-state index in [1.54, 1.807) is 0 Å². The molecular formula is C13H20N2O2. The Bertz CT molecular complexity index is 383. The molecule has 2 aliphatic rings. The molecule has 2 atom stereocenters. The minimum absolute atomic E-state index is 0.231. The predicted molar refractivity (Wildman–Crippen MR) is 63.9 cm³/mol. The van der Waals surface area contributed by atoms with Crippen LogP contribution in [0.4, 0.5) is 0 Å². The Morgan fingerprint density at radius 1 is 1.47 bits per heavy atom. The van der Waals surface area contributed by atoms with E-state index in [0.29, 0.717) is 5.92 Å². The van der Waals surface area contributed by atoms with Crippen LogP contribution in [0, 0.1) is 5.92 Å². The smallest absolute Gasteiger partial charge is 0.109 e. The quantitative estimate of drug-likeness (QED) is 0.861. The number of hydrogen-bond acceptors (Lipinski definition) is 3. The summed E-state index contributed by atoms with van der Waals surface area (Å²) in [5.41, 5.74) is 1.18. The average Bonchev–Trinajstić information content (AvgIpc) is 2.97. The molecule has 2 unspecified atom stereocenters. The second kappa shape index (κ2) is 4.78. The normalized spacial score (nSPS) is 28.3. The fraction of sp³-hybridized carbons (Fsp3) is 0.769. The largest absolute Gasteiger partial charge is 0.394 e.